The number of rotatable bonds is 44. The van der Waals surface area contributed by atoms with Gasteiger partial charge in [-0.25, -0.2) is 4.57 Å². The predicted octanol–water partition coefficient (Wildman–Crippen LogP) is 11.1. The standard InChI is InChI=1S/C49H95O12P/c1-3-5-7-9-11-13-15-17-18-19-20-21-22-23-24-25-27-29-31-33-35-37-39-58-40-42(41-59-62(56,57)61-49-47(54)45(52)44(51)46(53)48(49)55)60-43(50)38-36-34-32-30-28-26-16-14-12-10-8-6-4-2/h19-20,42,44-49,51-55H,3-18,21-41H2,1-2H3,(H,56,57)/b20-19-. The van der Waals surface area contributed by atoms with Crippen molar-refractivity contribution in [1.29, 1.82) is 0 Å². The maximum Gasteiger partial charge on any atom is 0.472 e. The van der Waals surface area contributed by atoms with E-state index in [1.807, 2.05) is 0 Å². The number of carbonyl (C=O) groups is 1. The SMILES string of the molecule is CCCCCCCCCC/C=C\CCCCCCCCCCCCOCC(COP(=O)(O)OC1C(O)C(O)C(O)C(O)C1O)OC(=O)CCCCCCCCCCCCCCC. The van der Waals surface area contributed by atoms with Crippen LogP contribution in [-0.2, 0) is 27.9 Å². The van der Waals surface area contributed by atoms with Crippen molar-refractivity contribution in [2.75, 3.05) is 19.8 Å². The van der Waals surface area contributed by atoms with Gasteiger partial charge in [-0.2, -0.15) is 0 Å². The summed E-state index contributed by atoms with van der Waals surface area (Å²) in [7, 11) is -5.01. The van der Waals surface area contributed by atoms with Crippen LogP contribution in [0.3, 0.4) is 0 Å². The lowest BCUT2D eigenvalue weighted by atomic mass is 9.85. The zero-order valence-electron chi connectivity index (χ0n) is 39.4. The largest absolute Gasteiger partial charge is 0.472 e. The summed E-state index contributed by atoms with van der Waals surface area (Å²) >= 11 is 0. The first-order chi connectivity index (χ1) is 30.0. The Bertz CT molecular complexity index is 1080. The second kappa shape index (κ2) is 40.4. The highest BCUT2D eigenvalue weighted by Crippen LogP contribution is 2.47. The molecule has 0 radical (unpaired) electrons. The lowest BCUT2D eigenvalue weighted by Gasteiger charge is -2.41. The lowest BCUT2D eigenvalue weighted by Crippen LogP contribution is -2.64. The van der Waals surface area contributed by atoms with Crippen LogP contribution in [0.5, 0.6) is 0 Å². The number of aliphatic hydroxyl groups is 5. The van der Waals surface area contributed by atoms with Gasteiger partial charge in [-0.3, -0.25) is 13.8 Å². The smallest absolute Gasteiger partial charge is 0.457 e. The molecule has 1 aliphatic carbocycles. The number of hydrogen-bond donors (Lipinski definition) is 6. The quantitative estimate of drug-likeness (QED) is 0.0147. The van der Waals surface area contributed by atoms with Gasteiger partial charge in [-0.1, -0.05) is 199 Å². The van der Waals surface area contributed by atoms with Crippen LogP contribution >= 0.6 is 7.82 Å². The van der Waals surface area contributed by atoms with Gasteiger partial charge in [-0.05, 0) is 38.5 Å². The number of ether oxygens (including phenoxy) is 2. The Hall–Kier alpha value is -0.920. The summed E-state index contributed by atoms with van der Waals surface area (Å²) in [5.74, 6) is -0.474. The molecule has 0 saturated heterocycles. The second-order valence-electron chi connectivity index (χ2n) is 18.0. The number of esters is 1. The van der Waals surface area contributed by atoms with Crippen LogP contribution < -0.4 is 0 Å². The maximum absolute atomic E-state index is 12.8. The van der Waals surface area contributed by atoms with Crippen molar-refractivity contribution in [3.8, 4) is 0 Å². The van der Waals surface area contributed by atoms with Crippen LogP contribution in [0.4, 0.5) is 0 Å². The summed E-state index contributed by atoms with van der Waals surface area (Å²) in [4.78, 5) is 23.2. The fourth-order valence-electron chi connectivity index (χ4n) is 8.06. The summed E-state index contributed by atoms with van der Waals surface area (Å²) < 4.78 is 34.3. The monoisotopic (exact) mass is 907 g/mol. The van der Waals surface area contributed by atoms with Gasteiger partial charge in [0.05, 0.1) is 13.2 Å². The first-order valence-electron chi connectivity index (χ1n) is 25.5. The average Bonchev–Trinajstić information content (AvgIpc) is 3.26. The van der Waals surface area contributed by atoms with E-state index >= 15 is 0 Å². The highest BCUT2D eigenvalue weighted by atomic mass is 31.2. The second-order valence-corrected chi connectivity index (χ2v) is 19.4. The minimum absolute atomic E-state index is 0.0717. The van der Waals surface area contributed by atoms with E-state index in [1.165, 1.54) is 167 Å². The van der Waals surface area contributed by atoms with Crippen LogP contribution in [-0.4, -0.2) is 98.9 Å². The molecule has 0 aromatic heterocycles. The van der Waals surface area contributed by atoms with E-state index in [9.17, 15) is 39.8 Å². The summed E-state index contributed by atoms with van der Waals surface area (Å²) in [5, 5.41) is 50.2. The van der Waals surface area contributed by atoms with E-state index < -0.39 is 63.1 Å². The highest BCUT2D eigenvalue weighted by molar-refractivity contribution is 7.47. The van der Waals surface area contributed by atoms with Gasteiger partial charge >= 0.3 is 13.8 Å². The van der Waals surface area contributed by atoms with Gasteiger partial charge in [-0.15, -0.1) is 0 Å². The third kappa shape index (κ3) is 31.9. The van der Waals surface area contributed by atoms with Crippen LogP contribution in [0.1, 0.15) is 232 Å². The van der Waals surface area contributed by atoms with E-state index in [-0.39, 0.29) is 13.0 Å². The minimum Gasteiger partial charge on any atom is -0.457 e. The van der Waals surface area contributed by atoms with Crippen LogP contribution in [0.15, 0.2) is 12.2 Å². The fourth-order valence-corrected chi connectivity index (χ4v) is 9.03. The molecule has 0 bridgehead atoms. The van der Waals surface area contributed by atoms with Crippen molar-refractivity contribution in [2.24, 2.45) is 0 Å². The molecule has 1 rings (SSSR count). The fraction of sp³-hybridized carbons (Fsp3) is 0.939. The first kappa shape index (κ1) is 59.1. The molecule has 0 amide bonds. The Labute approximate surface area is 377 Å². The Kier molecular flexibility index (Phi) is 38.5. The number of allylic oxidation sites excluding steroid dienone is 2. The molecular weight excluding hydrogens is 812 g/mol. The lowest BCUT2D eigenvalue weighted by molar-refractivity contribution is -0.220. The molecule has 0 aromatic rings. The number of phosphoric acid groups is 1. The Balaban J connectivity index is 2.30. The van der Waals surface area contributed by atoms with Crippen molar-refractivity contribution < 1.29 is 58.3 Å². The van der Waals surface area contributed by atoms with Gasteiger partial charge < -0.3 is 39.9 Å². The van der Waals surface area contributed by atoms with Gasteiger partial charge in [0.25, 0.3) is 0 Å². The highest BCUT2D eigenvalue weighted by Gasteiger charge is 2.51. The molecule has 0 spiro atoms. The third-order valence-electron chi connectivity index (χ3n) is 12.1. The van der Waals surface area contributed by atoms with E-state index in [1.54, 1.807) is 0 Å². The Morgan fingerprint density at radius 3 is 1.27 bits per heavy atom. The van der Waals surface area contributed by atoms with E-state index in [0.717, 1.165) is 38.5 Å². The summed E-state index contributed by atoms with van der Waals surface area (Å²) in [6, 6.07) is 0. The third-order valence-corrected chi connectivity index (χ3v) is 13.1. The molecule has 0 aliphatic heterocycles. The molecule has 6 unspecified atom stereocenters. The Morgan fingerprint density at radius 2 is 0.855 bits per heavy atom. The van der Waals surface area contributed by atoms with E-state index in [2.05, 4.69) is 26.0 Å². The number of aliphatic hydroxyl groups excluding tert-OH is 5. The summed E-state index contributed by atoms with van der Waals surface area (Å²) in [5.41, 5.74) is 0. The van der Waals surface area contributed by atoms with Crippen LogP contribution in [0.25, 0.3) is 0 Å². The van der Waals surface area contributed by atoms with Gasteiger partial charge in [0.1, 0.15) is 42.7 Å². The first-order valence-corrected chi connectivity index (χ1v) is 27.0. The van der Waals surface area contributed by atoms with Crippen molar-refractivity contribution in [3.63, 3.8) is 0 Å². The number of hydrogen-bond acceptors (Lipinski definition) is 11. The molecular formula is C49H95O12P. The normalized spacial score (nSPS) is 22.0. The molecule has 6 atom stereocenters. The zero-order valence-corrected chi connectivity index (χ0v) is 40.3. The molecule has 1 aliphatic rings. The summed E-state index contributed by atoms with van der Waals surface area (Å²) in [6.45, 7) is 4.29. The van der Waals surface area contributed by atoms with E-state index in [4.69, 9.17) is 18.5 Å². The summed E-state index contributed by atoms with van der Waals surface area (Å²) in [6.07, 6.45) is 32.8. The maximum atomic E-state index is 12.8. The number of unbranched alkanes of at least 4 members (excludes halogenated alkanes) is 30. The molecule has 13 heteroatoms. The van der Waals surface area contributed by atoms with Gasteiger partial charge in [0.15, 0.2) is 0 Å². The zero-order chi connectivity index (χ0) is 45.5. The molecule has 0 aromatic carbocycles. The van der Waals surface area contributed by atoms with Crippen molar-refractivity contribution in [1.82, 2.24) is 0 Å². The van der Waals surface area contributed by atoms with Crippen molar-refractivity contribution in [2.45, 2.75) is 275 Å². The van der Waals surface area contributed by atoms with E-state index in [0.29, 0.717) is 13.0 Å². The minimum atomic E-state index is -5.01. The molecule has 62 heavy (non-hydrogen) atoms. The molecule has 6 N–H and O–H groups in total. The van der Waals surface area contributed by atoms with Crippen molar-refractivity contribution >= 4 is 13.8 Å². The number of carbonyl (C=O) groups excluding carboxylic acids is 1. The predicted molar refractivity (Wildman–Crippen MR) is 249 cm³/mol. The topological polar surface area (TPSA) is 192 Å². The molecule has 1 saturated carbocycles. The Morgan fingerprint density at radius 1 is 0.500 bits per heavy atom. The van der Waals surface area contributed by atoms with Crippen LogP contribution in [0.2, 0.25) is 0 Å². The molecule has 0 heterocycles. The molecule has 368 valence electrons. The molecule has 12 nitrogen and oxygen atoms in total. The average molecular weight is 907 g/mol. The van der Waals surface area contributed by atoms with Gasteiger partial charge in [0.2, 0.25) is 0 Å². The number of phosphoric ester groups is 1. The van der Waals surface area contributed by atoms with Crippen molar-refractivity contribution in [3.05, 3.63) is 12.2 Å². The van der Waals surface area contributed by atoms with Gasteiger partial charge in [0, 0.05) is 13.0 Å². The molecule has 1 fully saturated rings. The van der Waals surface area contributed by atoms with Crippen LogP contribution in [0, 0.1) is 0 Å².